The molecule has 0 saturated heterocycles. The van der Waals surface area contributed by atoms with Crippen LogP contribution in [0, 0.1) is 0 Å². The lowest BCUT2D eigenvalue weighted by Crippen LogP contribution is -2.43. The molecule has 2 aromatic carbocycles. The number of benzene rings is 2. The molecule has 9 heteroatoms. The molecule has 0 spiro atoms. The molecule has 3 rings (SSSR count). The van der Waals surface area contributed by atoms with Crippen molar-refractivity contribution in [1.29, 1.82) is 0 Å². The summed E-state index contributed by atoms with van der Waals surface area (Å²) in [6, 6.07) is 11.9. The van der Waals surface area contributed by atoms with E-state index in [9.17, 15) is 22.8 Å². The highest BCUT2D eigenvalue weighted by Crippen LogP contribution is 2.42. The van der Waals surface area contributed by atoms with Gasteiger partial charge in [0.05, 0.1) is 16.2 Å². The lowest BCUT2D eigenvalue weighted by Gasteiger charge is -2.30. The second-order valence-corrected chi connectivity index (χ2v) is 8.90. The van der Waals surface area contributed by atoms with Gasteiger partial charge in [-0.05, 0) is 62.0 Å². The molecule has 1 aliphatic rings. The van der Waals surface area contributed by atoms with E-state index in [-0.39, 0.29) is 18.4 Å². The molecule has 34 heavy (non-hydrogen) atoms. The monoisotopic (exact) mass is 491 g/mol. The maximum Gasteiger partial charge on any atom is 0.416 e. The number of para-hydroxylation sites is 1. The van der Waals surface area contributed by atoms with E-state index < -0.39 is 11.7 Å². The Morgan fingerprint density at radius 2 is 1.76 bits per heavy atom. The first kappa shape index (κ1) is 25.8. The second kappa shape index (κ2) is 11.6. The van der Waals surface area contributed by atoms with Crippen LogP contribution in [0.5, 0.6) is 0 Å². The molecule has 1 heterocycles. The smallest absolute Gasteiger partial charge is 0.355 e. The van der Waals surface area contributed by atoms with Crippen LogP contribution >= 0.6 is 11.8 Å². The van der Waals surface area contributed by atoms with E-state index in [1.54, 1.807) is 18.2 Å². The van der Waals surface area contributed by atoms with Crippen LogP contribution in [0.3, 0.4) is 0 Å². The highest BCUT2D eigenvalue weighted by molar-refractivity contribution is 8.04. The zero-order valence-corrected chi connectivity index (χ0v) is 20.0. The summed E-state index contributed by atoms with van der Waals surface area (Å²) in [6.45, 7) is 7.36. The summed E-state index contributed by atoms with van der Waals surface area (Å²) in [4.78, 5) is 30.6. The molecular formula is C25H28F3N3O2S. The Labute approximate surface area is 202 Å². The molecule has 5 nitrogen and oxygen atoms in total. The summed E-state index contributed by atoms with van der Waals surface area (Å²) in [5.41, 5.74) is 0.367. The van der Waals surface area contributed by atoms with Crippen LogP contribution in [-0.4, -0.2) is 49.4 Å². The lowest BCUT2D eigenvalue weighted by atomic mass is 10.1. The first-order chi connectivity index (χ1) is 16.2. The van der Waals surface area contributed by atoms with Crippen molar-refractivity contribution < 1.29 is 22.8 Å². The fourth-order valence-corrected chi connectivity index (χ4v) is 4.67. The molecule has 0 atom stereocenters. The standard InChI is InChI=1S/C25H28F3N3O2S/c1-3-30(4-2)15-7-14-29-23(32)17-31-20-8-5-6-9-21(20)34-22(24(31)33)16-18-10-12-19(13-11-18)25(26,27)28/h5-6,8-13,16H,3-4,7,14-15,17H2,1-2H3,(H,29,32). The van der Waals surface area contributed by atoms with Gasteiger partial charge in [0, 0.05) is 11.4 Å². The average Bonchev–Trinajstić information content (AvgIpc) is 2.81. The Morgan fingerprint density at radius 1 is 1.09 bits per heavy atom. The zero-order chi connectivity index (χ0) is 24.7. The Hall–Kier alpha value is -2.78. The van der Waals surface area contributed by atoms with Gasteiger partial charge in [-0.2, -0.15) is 13.2 Å². The van der Waals surface area contributed by atoms with Crippen LogP contribution < -0.4 is 10.2 Å². The Morgan fingerprint density at radius 3 is 2.41 bits per heavy atom. The number of nitrogens with zero attached hydrogens (tertiary/aromatic N) is 2. The minimum Gasteiger partial charge on any atom is -0.355 e. The van der Waals surface area contributed by atoms with Crippen molar-refractivity contribution in [3.05, 3.63) is 64.6 Å². The number of hydrogen-bond donors (Lipinski definition) is 1. The highest BCUT2D eigenvalue weighted by atomic mass is 32.2. The molecular weight excluding hydrogens is 463 g/mol. The van der Waals surface area contributed by atoms with Gasteiger partial charge in [0.2, 0.25) is 5.91 Å². The largest absolute Gasteiger partial charge is 0.416 e. The SMILES string of the molecule is CCN(CC)CCCNC(=O)CN1C(=O)C(=Cc2ccc(C(F)(F)F)cc2)Sc2ccccc21. The summed E-state index contributed by atoms with van der Waals surface area (Å²) < 4.78 is 38.5. The normalized spacial score (nSPS) is 15.1. The maximum absolute atomic E-state index is 13.2. The van der Waals surface area contributed by atoms with Gasteiger partial charge in [-0.15, -0.1) is 0 Å². The first-order valence-electron chi connectivity index (χ1n) is 11.2. The second-order valence-electron chi connectivity index (χ2n) is 7.82. The number of carbonyl (C=O) groups excluding carboxylic acids is 2. The molecule has 0 fully saturated rings. The summed E-state index contributed by atoms with van der Waals surface area (Å²) in [6.07, 6.45) is -2.06. The summed E-state index contributed by atoms with van der Waals surface area (Å²) in [5.74, 6) is -0.620. The van der Waals surface area contributed by atoms with Crippen molar-refractivity contribution in [2.45, 2.75) is 31.3 Å². The fourth-order valence-electron chi connectivity index (χ4n) is 3.61. The van der Waals surface area contributed by atoms with Crippen LogP contribution in [0.25, 0.3) is 6.08 Å². The topological polar surface area (TPSA) is 52.7 Å². The minimum absolute atomic E-state index is 0.133. The van der Waals surface area contributed by atoms with Crippen LogP contribution in [-0.2, 0) is 15.8 Å². The predicted octanol–water partition coefficient (Wildman–Crippen LogP) is 5.03. The number of hydrogen-bond acceptors (Lipinski definition) is 4. The van der Waals surface area contributed by atoms with Gasteiger partial charge in [-0.25, -0.2) is 0 Å². The molecule has 0 aromatic heterocycles. The molecule has 182 valence electrons. The van der Waals surface area contributed by atoms with E-state index in [1.807, 2.05) is 12.1 Å². The lowest BCUT2D eigenvalue weighted by molar-refractivity contribution is -0.137. The summed E-state index contributed by atoms with van der Waals surface area (Å²) in [5, 5.41) is 2.88. The number of carbonyl (C=O) groups is 2. The Bertz CT molecular complexity index is 1030. The number of nitrogens with one attached hydrogen (secondary N) is 1. The molecule has 2 aromatic rings. The number of rotatable bonds is 9. The number of thioether (sulfide) groups is 1. The molecule has 0 unspecified atom stereocenters. The van der Waals surface area contributed by atoms with Gasteiger partial charge in [0.15, 0.2) is 0 Å². The van der Waals surface area contributed by atoms with Gasteiger partial charge in [0.25, 0.3) is 5.91 Å². The van der Waals surface area contributed by atoms with Crippen molar-refractivity contribution >= 4 is 35.3 Å². The van der Waals surface area contributed by atoms with Crippen LogP contribution in [0.2, 0.25) is 0 Å². The quantitative estimate of drug-likeness (QED) is 0.395. The van der Waals surface area contributed by atoms with Crippen molar-refractivity contribution in [1.82, 2.24) is 10.2 Å². The molecule has 1 N–H and O–H groups in total. The zero-order valence-electron chi connectivity index (χ0n) is 19.2. The van der Waals surface area contributed by atoms with Crippen molar-refractivity contribution in [2.24, 2.45) is 0 Å². The predicted molar refractivity (Wildman–Crippen MR) is 129 cm³/mol. The van der Waals surface area contributed by atoms with Crippen LogP contribution in [0.15, 0.2) is 58.3 Å². The number of amides is 2. The average molecular weight is 492 g/mol. The molecule has 2 amide bonds. The Balaban J connectivity index is 1.72. The van der Waals surface area contributed by atoms with E-state index in [2.05, 4.69) is 24.1 Å². The number of fused-ring (bicyclic) bond motifs is 1. The van der Waals surface area contributed by atoms with Crippen molar-refractivity contribution in [3.63, 3.8) is 0 Å². The molecule has 0 bridgehead atoms. The van der Waals surface area contributed by atoms with Gasteiger partial charge < -0.3 is 10.2 Å². The third-order valence-electron chi connectivity index (χ3n) is 5.54. The first-order valence-corrected chi connectivity index (χ1v) is 12.0. The third kappa shape index (κ3) is 6.64. The van der Waals surface area contributed by atoms with E-state index >= 15 is 0 Å². The summed E-state index contributed by atoms with van der Waals surface area (Å²) >= 11 is 1.24. The van der Waals surface area contributed by atoms with Crippen molar-refractivity contribution in [2.75, 3.05) is 37.6 Å². The van der Waals surface area contributed by atoms with Crippen LogP contribution in [0.4, 0.5) is 18.9 Å². The van der Waals surface area contributed by atoms with E-state index in [0.717, 1.165) is 43.1 Å². The fraction of sp³-hybridized carbons (Fsp3) is 0.360. The van der Waals surface area contributed by atoms with Gasteiger partial charge in [-0.3, -0.25) is 14.5 Å². The highest BCUT2D eigenvalue weighted by Gasteiger charge is 2.31. The molecule has 0 aliphatic carbocycles. The minimum atomic E-state index is -4.42. The van der Waals surface area contributed by atoms with Gasteiger partial charge >= 0.3 is 6.18 Å². The molecule has 1 aliphatic heterocycles. The molecule has 0 radical (unpaired) electrons. The van der Waals surface area contributed by atoms with Crippen molar-refractivity contribution in [3.8, 4) is 0 Å². The third-order valence-corrected chi connectivity index (χ3v) is 6.61. The Kier molecular flexibility index (Phi) is 8.79. The van der Waals surface area contributed by atoms with Gasteiger partial charge in [0.1, 0.15) is 6.54 Å². The maximum atomic E-state index is 13.2. The van der Waals surface area contributed by atoms with E-state index in [4.69, 9.17) is 0 Å². The van der Waals surface area contributed by atoms with E-state index in [0.29, 0.717) is 22.7 Å². The number of alkyl halides is 3. The van der Waals surface area contributed by atoms with Gasteiger partial charge in [-0.1, -0.05) is 49.9 Å². The molecule has 0 saturated carbocycles. The number of anilines is 1. The summed E-state index contributed by atoms with van der Waals surface area (Å²) in [7, 11) is 0. The van der Waals surface area contributed by atoms with E-state index in [1.165, 1.54) is 28.8 Å². The number of halogens is 3. The van der Waals surface area contributed by atoms with Crippen LogP contribution in [0.1, 0.15) is 31.4 Å².